The molecule has 0 aliphatic heterocycles. The summed E-state index contributed by atoms with van der Waals surface area (Å²) < 4.78 is 21.9. The minimum Gasteiger partial charge on any atom is -0.493 e. The fraction of sp³-hybridized carbons (Fsp3) is 0.381. The van der Waals surface area contributed by atoms with E-state index < -0.39 is 30.2 Å². The van der Waals surface area contributed by atoms with Gasteiger partial charge >= 0.3 is 0 Å². The minimum absolute atomic E-state index is 0. The van der Waals surface area contributed by atoms with Crippen molar-refractivity contribution in [1.82, 2.24) is 5.32 Å². The van der Waals surface area contributed by atoms with E-state index in [9.17, 15) is 4.79 Å². The molecular weight excluding hydrogens is 412 g/mol. The van der Waals surface area contributed by atoms with Crippen LogP contribution in [-0.2, 0) is 9.53 Å². The molecule has 1 aromatic carbocycles. The molecule has 4 N–H and O–H groups in total. The zero-order valence-electron chi connectivity index (χ0n) is 17.5. The largest absolute Gasteiger partial charge is 0.493 e. The van der Waals surface area contributed by atoms with Gasteiger partial charge in [-0.3, -0.25) is 4.79 Å². The third-order valence-electron chi connectivity index (χ3n) is 4.67. The molecule has 166 valence electrons. The maximum Gasteiger partial charge on any atom is 0.239 e. The summed E-state index contributed by atoms with van der Waals surface area (Å²) >= 11 is 0. The van der Waals surface area contributed by atoms with Crippen LogP contribution in [0.5, 0.6) is 17.2 Å². The molecule has 30 heavy (non-hydrogen) atoms. The molecule has 0 fully saturated rings. The van der Waals surface area contributed by atoms with Crippen molar-refractivity contribution in [3.05, 3.63) is 48.1 Å². The number of hydrogen-bond donors (Lipinski definition) is 3. The average Bonchev–Trinajstić information content (AvgIpc) is 2.76. The molecule has 0 saturated carbocycles. The summed E-state index contributed by atoms with van der Waals surface area (Å²) in [6.45, 7) is -0.445. The zero-order valence-corrected chi connectivity index (χ0v) is 18.3. The standard InChI is InChI=1S/C21H28N2O6.ClH/c1-26-16-11-14(12-17(27-2)19(16)28-3)8-10-21(29-4)9-6-5-7-18(21)23-20(25)15(22)13-24;/h5-12,15,18,24H,13,22H2,1-4H3,(H,23,25);1H/b10-8-;/t15-,18?,21?;/m0./s1. The molecule has 0 spiro atoms. The Balaban J connectivity index is 0.00000450. The van der Waals surface area contributed by atoms with E-state index in [1.165, 1.54) is 0 Å². The van der Waals surface area contributed by atoms with E-state index in [0.29, 0.717) is 17.2 Å². The van der Waals surface area contributed by atoms with Gasteiger partial charge in [0.2, 0.25) is 11.7 Å². The first kappa shape index (κ1) is 25.5. The Bertz CT molecular complexity index is 786. The van der Waals surface area contributed by atoms with Crippen LogP contribution in [0.15, 0.2) is 42.5 Å². The summed E-state index contributed by atoms with van der Waals surface area (Å²) in [6, 6.07) is 2.08. The number of allylic oxidation sites excluding steroid dienone is 2. The van der Waals surface area contributed by atoms with E-state index in [0.717, 1.165) is 5.56 Å². The number of nitrogens with two attached hydrogens (primary N) is 1. The smallest absolute Gasteiger partial charge is 0.239 e. The number of hydrogen-bond acceptors (Lipinski definition) is 7. The van der Waals surface area contributed by atoms with Crippen molar-refractivity contribution < 1.29 is 28.8 Å². The first-order valence-corrected chi connectivity index (χ1v) is 9.01. The fourth-order valence-electron chi connectivity index (χ4n) is 2.99. The van der Waals surface area contributed by atoms with Gasteiger partial charge in [0, 0.05) is 7.11 Å². The van der Waals surface area contributed by atoms with Crippen LogP contribution in [-0.4, -0.2) is 63.7 Å². The van der Waals surface area contributed by atoms with Crippen molar-refractivity contribution >= 4 is 24.4 Å². The van der Waals surface area contributed by atoms with Crippen LogP contribution in [0, 0.1) is 0 Å². The van der Waals surface area contributed by atoms with Crippen molar-refractivity contribution in [2.75, 3.05) is 35.0 Å². The lowest BCUT2D eigenvalue weighted by molar-refractivity contribution is -0.124. The number of nitrogens with one attached hydrogen (secondary N) is 1. The Labute approximate surface area is 182 Å². The fourth-order valence-corrected chi connectivity index (χ4v) is 2.99. The lowest BCUT2D eigenvalue weighted by atomic mass is 9.88. The first-order chi connectivity index (χ1) is 13.9. The number of methoxy groups -OCH3 is 4. The van der Waals surface area contributed by atoms with Crippen LogP contribution in [0.2, 0.25) is 0 Å². The minimum atomic E-state index is -1.01. The number of aliphatic hydroxyl groups is 1. The molecule has 0 heterocycles. The van der Waals surface area contributed by atoms with E-state index in [1.54, 1.807) is 52.7 Å². The highest BCUT2D eigenvalue weighted by atomic mass is 35.5. The Morgan fingerprint density at radius 1 is 1.20 bits per heavy atom. The van der Waals surface area contributed by atoms with Crippen molar-refractivity contribution in [3.63, 3.8) is 0 Å². The lowest BCUT2D eigenvalue weighted by Crippen LogP contribution is -2.55. The molecule has 1 amide bonds. The average molecular weight is 441 g/mol. The highest BCUT2D eigenvalue weighted by Crippen LogP contribution is 2.39. The van der Waals surface area contributed by atoms with Crippen LogP contribution in [0.25, 0.3) is 6.08 Å². The van der Waals surface area contributed by atoms with E-state index >= 15 is 0 Å². The van der Waals surface area contributed by atoms with E-state index in [1.807, 2.05) is 24.3 Å². The Kier molecular flexibility index (Phi) is 9.88. The van der Waals surface area contributed by atoms with Crippen molar-refractivity contribution in [2.45, 2.75) is 17.7 Å². The summed E-state index contributed by atoms with van der Waals surface area (Å²) in [7, 11) is 6.19. The third kappa shape index (κ3) is 5.54. The third-order valence-corrected chi connectivity index (χ3v) is 4.67. The van der Waals surface area contributed by atoms with Crippen LogP contribution in [0.4, 0.5) is 0 Å². The number of benzene rings is 1. The summed E-state index contributed by atoms with van der Waals surface area (Å²) in [6.07, 6.45) is 10.9. The second-order valence-corrected chi connectivity index (χ2v) is 6.37. The summed E-state index contributed by atoms with van der Waals surface area (Å²) in [5, 5.41) is 11.9. The SMILES string of the molecule is COc1cc(/C=C\C2(OC)C=CC=CC2NC(=O)[C@@H](N)CO)cc(OC)c1OC.Cl. The first-order valence-electron chi connectivity index (χ1n) is 9.01. The van der Waals surface area contributed by atoms with Crippen molar-refractivity contribution in [1.29, 1.82) is 0 Å². The zero-order chi connectivity index (χ0) is 21.4. The van der Waals surface area contributed by atoms with Gasteiger partial charge < -0.3 is 35.1 Å². The van der Waals surface area contributed by atoms with Crippen LogP contribution >= 0.6 is 12.4 Å². The second-order valence-electron chi connectivity index (χ2n) is 6.37. The number of carbonyl (C=O) groups is 1. The van der Waals surface area contributed by atoms with E-state index in [-0.39, 0.29) is 12.4 Å². The molecule has 0 saturated heterocycles. The normalized spacial score (nSPS) is 21.1. The molecule has 0 bridgehead atoms. The number of halogens is 1. The molecular formula is C21H29ClN2O6. The highest BCUT2D eigenvalue weighted by Gasteiger charge is 2.36. The summed E-state index contributed by atoms with van der Waals surface area (Å²) in [4.78, 5) is 12.2. The predicted octanol–water partition coefficient (Wildman–Crippen LogP) is 1.46. The summed E-state index contributed by atoms with van der Waals surface area (Å²) in [5.74, 6) is 1.07. The van der Waals surface area contributed by atoms with Gasteiger partial charge in [0.15, 0.2) is 11.5 Å². The van der Waals surface area contributed by atoms with Crippen LogP contribution in [0.1, 0.15) is 5.56 Å². The maximum atomic E-state index is 12.2. The van der Waals surface area contributed by atoms with Crippen molar-refractivity contribution in [2.24, 2.45) is 5.73 Å². The van der Waals surface area contributed by atoms with Gasteiger partial charge in [-0.2, -0.15) is 0 Å². The number of aliphatic hydroxyl groups excluding tert-OH is 1. The van der Waals surface area contributed by atoms with Crippen LogP contribution < -0.4 is 25.3 Å². The number of carbonyl (C=O) groups excluding carboxylic acids is 1. The molecule has 0 radical (unpaired) electrons. The van der Waals surface area contributed by atoms with Gasteiger partial charge in [0.25, 0.3) is 0 Å². The maximum absolute atomic E-state index is 12.2. The van der Waals surface area contributed by atoms with E-state index in [4.69, 9.17) is 29.8 Å². The Hall–Kier alpha value is -2.52. The van der Waals surface area contributed by atoms with Gasteiger partial charge in [-0.1, -0.05) is 24.3 Å². The molecule has 2 rings (SSSR count). The Morgan fingerprint density at radius 2 is 1.83 bits per heavy atom. The number of rotatable bonds is 9. The Morgan fingerprint density at radius 3 is 2.33 bits per heavy atom. The van der Waals surface area contributed by atoms with Crippen LogP contribution in [0.3, 0.4) is 0 Å². The number of ether oxygens (including phenoxy) is 4. The van der Waals surface area contributed by atoms with Crippen molar-refractivity contribution in [3.8, 4) is 17.2 Å². The molecule has 1 aromatic rings. The topological polar surface area (TPSA) is 112 Å². The summed E-state index contributed by atoms with van der Waals surface area (Å²) in [5.41, 5.74) is 5.46. The molecule has 8 nitrogen and oxygen atoms in total. The molecule has 0 aromatic heterocycles. The molecule has 1 aliphatic carbocycles. The van der Waals surface area contributed by atoms with Gasteiger partial charge in [-0.15, -0.1) is 12.4 Å². The lowest BCUT2D eigenvalue weighted by Gasteiger charge is -2.35. The monoisotopic (exact) mass is 440 g/mol. The molecule has 9 heteroatoms. The molecule has 1 aliphatic rings. The molecule has 2 unspecified atom stereocenters. The predicted molar refractivity (Wildman–Crippen MR) is 117 cm³/mol. The van der Waals surface area contributed by atoms with Gasteiger partial charge in [-0.05, 0) is 29.8 Å². The molecule has 3 atom stereocenters. The quantitative estimate of drug-likeness (QED) is 0.533. The van der Waals surface area contributed by atoms with Gasteiger partial charge in [-0.25, -0.2) is 0 Å². The number of amides is 1. The second kappa shape index (κ2) is 11.6. The van der Waals surface area contributed by atoms with Gasteiger partial charge in [0.05, 0.1) is 34.0 Å². The highest BCUT2D eigenvalue weighted by molar-refractivity contribution is 5.85. The van der Waals surface area contributed by atoms with E-state index in [2.05, 4.69) is 5.32 Å². The van der Waals surface area contributed by atoms with Gasteiger partial charge in [0.1, 0.15) is 11.6 Å².